The summed E-state index contributed by atoms with van der Waals surface area (Å²) in [5, 5.41) is 13.5. The summed E-state index contributed by atoms with van der Waals surface area (Å²) in [6.07, 6.45) is 5.46. The van der Waals surface area contributed by atoms with Crippen LogP contribution in [0.1, 0.15) is 56.6 Å². The molecule has 0 saturated heterocycles. The first-order valence-electron chi connectivity index (χ1n) is 8.00. The van der Waals surface area contributed by atoms with Gasteiger partial charge in [-0.15, -0.1) is 11.8 Å². The number of benzene rings is 1. The van der Waals surface area contributed by atoms with E-state index in [1.54, 1.807) is 6.07 Å². The molecule has 1 saturated carbocycles. The molecule has 2 N–H and O–H groups in total. The van der Waals surface area contributed by atoms with E-state index < -0.39 is 5.60 Å². The molecule has 1 aliphatic heterocycles. The number of carbonyl (C=O) groups is 1. The van der Waals surface area contributed by atoms with Crippen LogP contribution in [0.15, 0.2) is 23.1 Å². The summed E-state index contributed by atoms with van der Waals surface area (Å²) in [6, 6.07) is 4.88. The van der Waals surface area contributed by atoms with Crippen molar-refractivity contribution in [3.63, 3.8) is 0 Å². The van der Waals surface area contributed by atoms with Crippen LogP contribution in [-0.2, 0) is 4.79 Å². The van der Waals surface area contributed by atoms with E-state index in [0.717, 1.165) is 37.0 Å². The number of amides is 1. The van der Waals surface area contributed by atoms with Crippen LogP contribution in [0.3, 0.4) is 0 Å². The maximum absolute atomic E-state index is 13.8. The highest BCUT2D eigenvalue weighted by Gasteiger charge is 2.33. The van der Waals surface area contributed by atoms with Crippen molar-refractivity contribution in [2.45, 2.75) is 61.5 Å². The molecule has 1 atom stereocenters. The molecule has 0 radical (unpaired) electrons. The molecule has 1 heterocycles. The van der Waals surface area contributed by atoms with E-state index in [1.165, 1.54) is 17.8 Å². The van der Waals surface area contributed by atoms with Gasteiger partial charge in [0, 0.05) is 10.6 Å². The number of aliphatic hydroxyl groups is 1. The van der Waals surface area contributed by atoms with Crippen LogP contribution in [0.2, 0.25) is 0 Å². The van der Waals surface area contributed by atoms with Gasteiger partial charge in [-0.05, 0) is 30.9 Å². The van der Waals surface area contributed by atoms with Crippen molar-refractivity contribution < 1.29 is 14.3 Å². The highest BCUT2D eigenvalue weighted by Crippen LogP contribution is 2.38. The van der Waals surface area contributed by atoms with Crippen LogP contribution in [0, 0.1) is 5.82 Å². The summed E-state index contributed by atoms with van der Waals surface area (Å²) in [5.41, 5.74) is 0.0107. The average molecular weight is 323 g/mol. The lowest BCUT2D eigenvalue weighted by Gasteiger charge is -2.33. The minimum absolute atomic E-state index is 0.128. The van der Waals surface area contributed by atoms with Crippen molar-refractivity contribution >= 4 is 17.7 Å². The minimum atomic E-state index is -0.851. The summed E-state index contributed by atoms with van der Waals surface area (Å²) in [4.78, 5) is 13.0. The zero-order chi connectivity index (χ0) is 15.6. The number of carbonyl (C=O) groups excluding carboxylic acids is 1. The lowest BCUT2D eigenvalue weighted by molar-refractivity contribution is -0.128. The van der Waals surface area contributed by atoms with Gasteiger partial charge in [0.2, 0.25) is 5.91 Å². The van der Waals surface area contributed by atoms with Gasteiger partial charge in [0.15, 0.2) is 0 Å². The topological polar surface area (TPSA) is 49.3 Å². The van der Waals surface area contributed by atoms with Gasteiger partial charge >= 0.3 is 0 Å². The Labute approximate surface area is 134 Å². The van der Waals surface area contributed by atoms with E-state index in [-0.39, 0.29) is 24.2 Å². The SMILES string of the molecule is O=C(CC1(O)CCCCC1)NC1CCSc2c(F)cccc21. The monoisotopic (exact) mass is 323 g/mol. The van der Waals surface area contributed by atoms with Crippen LogP contribution in [-0.4, -0.2) is 22.4 Å². The Kier molecular flexibility index (Phi) is 4.73. The zero-order valence-electron chi connectivity index (χ0n) is 12.6. The van der Waals surface area contributed by atoms with Gasteiger partial charge < -0.3 is 10.4 Å². The lowest BCUT2D eigenvalue weighted by Crippen LogP contribution is -2.40. The van der Waals surface area contributed by atoms with Crippen LogP contribution >= 0.6 is 11.8 Å². The molecule has 1 unspecified atom stereocenters. The molecule has 5 heteroatoms. The van der Waals surface area contributed by atoms with E-state index in [9.17, 15) is 14.3 Å². The van der Waals surface area contributed by atoms with Gasteiger partial charge in [-0.25, -0.2) is 4.39 Å². The second kappa shape index (κ2) is 6.59. The Balaban J connectivity index is 1.67. The van der Waals surface area contributed by atoms with E-state index in [0.29, 0.717) is 17.7 Å². The molecule has 1 fully saturated rings. The van der Waals surface area contributed by atoms with Crippen LogP contribution < -0.4 is 5.32 Å². The number of nitrogens with one attached hydrogen (secondary N) is 1. The van der Waals surface area contributed by atoms with Crippen LogP contribution in [0.25, 0.3) is 0 Å². The van der Waals surface area contributed by atoms with E-state index in [2.05, 4.69) is 5.32 Å². The third-order valence-corrected chi connectivity index (χ3v) is 5.79. The molecule has 1 aromatic rings. The quantitative estimate of drug-likeness (QED) is 0.894. The van der Waals surface area contributed by atoms with Gasteiger partial charge in [0.05, 0.1) is 18.1 Å². The Morgan fingerprint density at radius 1 is 1.36 bits per heavy atom. The van der Waals surface area contributed by atoms with Gasteiger partial charge in [0.25, 0.3) is 0 Å². The summed E-state index contributed by atoms with van der Waals surface area (Å²) < 4.78 is 13.8. The number of halogens is 1. The fourth-order valence-electron chi connectivity index (χ4n) is 3.47. The van der Waals surface area contributed by atoms with Gasteiger partial charge in [-0.1, -0.05) is 31.4 Å². The molecule has 1 amide bonds. The molecule has 0 spiro atoms. The molecule has 3 rings (SSSR count). The molecule has 22 heavy (non-hydrogen) atoms. The maximum atomic E-state index is 13.8. The van der Waals surface area contributed by atoms with Crippen LogP contribution in [0.4, 0.5) is 4.39 Å². The molecule has 1 aromatic carbocycles. The fraction of sp³-hybridized carbons (Fsp3) is 0.588. The minimum Gasteiger partial charge on any atom is -0.389 e. The highest BCUT2D eigenvalue weighted by atomic mass is 32.2. The first kappa shape index (κ1) is 15.8. The zero-order valence-corrected chi connectivity index (χ0v) is 13.4. The molecule has 120 valence electrons. The van der Waals surface area contributed by atoms with Crippen molar-refractivity contribution in [3.8, 4) is 0 Å². The first-order valence-corrected chi connectivity index (χ1v) is 8.99. The third-order valence-electron chi connectivity index (χ3n) is 4.63. The highest BCUT2D eigenvalue weighted by molar-refractivity contribution is 7.99. The molecule has 3 nitrogen and oxygen atoms in total. The maximum Gasteiger partial charge on any atom is 0.223 e. The van der Waals surface area contributed by atoms with E-state index in [1.807, 2.05) is 6.07 Å². The Morgan fingerprint density at radius 2 is 2.14 bits per heavy atom. The molecule has 0 aromatic heterocycles. The Hall–Kier alpha value is -1.07. The summed E-state index contributed by atoms with van der Waals surface area (Å²) in [7, 11) is 0. The number of fused-ring (bicyclic) bond motifs is 1. The summed E-state index contributed by atoms with van der Waals surface area (Å²) in [5.74, 6) is 0.451. The largest absolute Gasteiger partial charge is 0.389 e. The van der Waals surface area contributed by atoms with E-state index >= 15 is 0 Å². The Bertz CT molecular complexity index is 558. The molecule has 1 aliphatic carbocycles. The van der Waals surface area contributed by atoms with E-state index in [4.69, 9.17) is 0 Å². The van der Waals surface area contributed by atoms with Gasteiger partial charge in [0.1, 0.15) is 5.82 Å². The second-order valence-electron chi connectivity index (χ2n) is 6.38. The predicted octanol–water partition coefficient (Wildman–Crippen LogP) is 3.56. The molecular weight excluding hydrogens is 301 g/mol. The predicted molar refractivity (Wildman–Crippen MR) is 85.3 cm³/mol. The van der Waals surface area contributed by atoms with Crippen molar-refractivity contribution in [3.05, 3.63) is 29.6 Å². The number of rotatable bonds is 3. The normalized spacial score (nSPS) is 23.6. The third kappa shape index (κ3) is 3.46. The average Bonchev–Trinajstić information content (AvgIpc) is 2.48. The molecular formula is C17H22FNO2S. The molecule has 2 aliphatic rings. The summed E-state index contributed by atoms with van der Waals surface area (Å²) >= 11 is 1.51. The van der Waals surface area contributed by atoms with Gasteiger partial charge in [-0.3, -0.25) is 4.79 Å². The van der Waals surface area contributed by atoms with Crippen LogP contribution in [0.5, 0.6) is 0 Å². The standard InChI is InChI=1S/C17H22FNO2S/c18-13-6-4-5-12-14(7-10-22-16(12)13)19-15(20)11-17(21)8-2-1-3-9-17/h4-6,14,21H,1-3,7-11H2,(H,19,20). The second-order valence-corrected chi connectivity index (χ2v) is 7.48. The molecule has 0 bridgehead atoms. The number of hydrogen-bond donors (Lipinski definition) is 2. The van der Waals surface area contributed by atoms with Crippen molar-refractivity contribution in [2.24, 2.45) is 0 Å². The van der Waals surface area contributed by atoms with Gasteiger partial charge in [-0.2, -0.15) is 0 Å². The summed E-state index contributed by atoms with van der Waals surface area (Å²) in [6.45, 7) is 0. The lowest BCUT2D eigenvalue weighted by atomic mass is 9.82. The first-order chi connectivity index (χ1) is 10.6. The van der Waals surface area contributed by atoms with Crippen molar-refractivity contribution in [2.75, 3.05) is 5.75 Å². The van der Waals surface area contributed by atoms with Crippen molar-refractivity contribution in [1.29, 1.82) is 0 Å². The Morgan fingerprint density at radius 3 is 2.91 bits per heavy atom. The number of thioether (sulfide) groups is 1. The van der Waals surface area contributed by atoms with Crippen molar-refractivity contribution in [1.82, 2.24) is 5.32 Å². The fourth-order valence-corrected chi connectivity index (χ4v) is 4.61. The number of hydrogen-bond acceptors (Lipinski definition) is 3. The smallest absolute Gasteiger partial charge is 0.223 e.